The first-order valence-corrected chi connectivity index (χ1v) is 8.26. The van der Waals surface area contributed by atoms with Gasteiger partial charge in [-0.3, -0.25) is 9.69 Å². The van der Waals surface area contributed by atoms with Crippen LogP contribution in [0, 0.1) is 5.92 Å². The molecule has 0 radical (unpaired) electrons. The van der Waals surface area contributed by atoms with E-state index in [1.807, 2.05) is 0 Å². The van der Waals surface area contributed by atoms with E-state index in [0.717, 1.165) is 25.9 Å². The number of hydrogen-bond donors (Lipinski definition) is 1. The lowest BCUT2D eigenvalue weighted by Gasteiger charge is -2.32. The summed E-state index contributed by atoms with van der Waals surface area (Å²) >= 11 is 0. The van der Waals surface area contributed by atoms with Gasteiger partial charge in [0.15, 0.2) is 0 Å². The highest BCUT2D eigenvalue weighted by Crippen LogP contribution is 2.36. The van der Waals surface area contributed by atoms with Gasteiger partial charge < -0.3 is 5.11 Å². The van der Waals surface area contributed by atoms with Crippen molar-refractivity contribution < 1.29 is 9.90 Å². The van der Waals surface area contributed by atoms with E-state index in [4.69, 9.17) is 0 Å². The summed E-state index contributed by atoms with van der Waals surface area (Å²) in [6.45, 7) is 1.95. The summed E-state index contributed by atoms with van der Waals surface area (Å²) in [5, 5.41) is 9.26. The van der Waals surface area contributed by atoms with Gasteiger partial charge in [0, 0.05) is 6.54 Å². The summed E-state index contributed by atoms with van der Waals surface area (Å²) in [7, 11) is 0. The highest BCUT2D eigenvalue weighted by Gasteiger charge is 2.33. The highest BCUT2D eigenvalue weighted by molar-refractivity contribution is 5.73. The van der Waals surface area contributed by atoms with Crippen molar-refractivity contribution in [1.29, 1.82) is 0 Å². The van der Waals surface area contributed by atoms with E-state index in [2.05, 4.69) is 35.2 Å². The van der Waals surface area contributed by atoms with Crippen LogP contribution >= 0.6 is 0 Å². The van der Waals surface area contributed by atoms with Gasteiger partial charge >= 0.3 is 5.97 Å². The molecule has 114 valence electrons. The summed E-state index contributed by atoms with van der Waals surface area (Å²) in [5.41, 5.74) is 1.47. The largest absolute Gasteiger partial charge is 0.480 e. The Kier molecular flexibility index (Phi) is 4.59. The van der Waals surface area contributed by atoms with Crippen molar-refractivity contribution in [3.8, 4) is 0 Å². The van der Waals surface area contributed by atoms with Crippen LogP contribution in [-0.2, 0) is 4.79 Å². The fourth-order valence-electron chi connectivity index (χ4n) is 4.06. The molecule has 1 heterocycles. The number of likely N-dealkylation sites (tertiary alicyclic amines) is 1. The maximum absolute atomic E-state index is 11.2. The van der Waals surface area contributed by atoms with Crippen LogP contribution < -0.4 is 0 Å². The summed E-state index contributed by atoms with van der Waals surface area (Å²) < 4.78 is 0. The number of carbonyl (C=O) groups is 1. The second kappa shape index (κ2) is 6.61. The van der Waals surface area contributed by atoms with Gasteiger partial charge in [0.25, 0.3) is 0 Å². The fourth-order valence-corrected chi connectivity index (χ4v) is 4.06. The third-order valence-corrected chi connectivity index (χ3v) is 5.26. The van der Waals surface area contributed by atoms with E-state index in [9.17, 15) is 9.90 Å². The second-order valence-electron chi connectivity index (χ2n) is 6.62. The van der Waals surface area contributed by atoms with Crippen molar-refractivity contribution in [2.24, 2.45) is 5.92 Å². The summed E-state index contributed by atoms with van der Waals surface area (Å²) in [5.74, 6) is 0.756. The van der Waals surface area contributed by atoms with Crippen LogP contribution in [0.3, 0.4) is 0 Å². The lowest BCUT2D eigenvalue weighted by Crippen LogP contribution is -2.39. The molecule has 1 aromatic carbocycles. The molecule has 3 heteroatoms. The van der Waals surface area contributed by atoms with Crippen LogP contribution in [0.4, 0.5) is 0 Å². The van der Waals surface area contributed by atoms with Gasteiger partial charge in [-0.2, -0.15) is 0 Å². The number of nitrogens with zero attached hydrogens (tertiary/aromatic N) is 1. The topological polar surface area (TPSA) is 40.5 Å². The maximum Gasteiger partial charge on any atom is 0.320 e. The average Bonchev–Trinajstić information content (AvgIpc) is 2.97. The third kappa shape index (κ3) is 3.46. The van der Waals surface area contributed by atoms with Crippen LogP contribution in [0.5, 0.6) is 0 Å². The number of carboxylic acids is 1. The van der Waals surface area contributed by atoms with E-state index >= 15 is 0 Å². The number of benzene rings is 1. The van der Waals surface area contributed by atoms with E-state index in [0.29, 0.717) is 11.8 Å². The van der Waals surface area contributed by atoms with Crippen LogP contribution in [0.15, 0.2) is 30.3 Å². The minimum atomic E-state index is -0.634. The van der Waals surface area contributed by atoms with Gasteiger partial charge in [-0.25, -0.2) is 0 Å². The predicted molar refractivity (Wildman–Crippen MR) is 83.4 cm³/mol. The normalized spacial score (nSPS) is 30.4. The Bertz CT molecular complexity index is 465. The molecule has 3 nitrogen and oxygen atoms in total. The zero-order valence-electron chi connectivity index (χ0n) is 12.6. The van der Waals surface area contributed by atoms with Gasteiger partial charge in [-0.15, -0.1) is 0 Å². The van der Waals surface area contributed by atoms with Gasteiger partial charge in [-0.1, -0.05) is 30.3 Å². The van der Waals surface area contributed by atoms with Gasteiger partial charge in [0.1, 0.15) is 6.04 Å². The highest BCUT2D eigenvalue weighted by atomic mass is 16.4. The number of rotatable bonds is 4. The molecule has 3 rings (SSSR count). The zero-order valence-corrected chi connectivity index (χ0v) is 12.6. The van der Waals surface area contributed by atoms with Crippen molar-refractivity contribution in [1.82, 2.24) is 4.90 Å². The minimum Gasteiger partial charge on any atom is -0.480 e. The molecule has 21 heavy (non-hydrogen) atoms. The summed E-state index contributed by atoms with van der Waals surface area (Å²) in [6, 6.07) is 10.6. The maximum atomic E-state index is 11.2. The van der Waals surface area contributed by atoms with E-state index < -0.39 is 5.97 Å². The molecule has 1 unspecified atom stereocenters. The van der Waals surface area contributed by atoms with E-state index in [-0.39, 0.29) is 6.04 Å². The lowest BCUT2D eigenvalue weighted by molar-refractivity contribution is -0.142. The average molecular weight is 287 g/mol. The molecule has 1 saturated carbocycles. The Balaban J connectivity index is 1.51. The predicted octanol–water partition coefficient (Wildman–Crippen LogP) is 3.51. The Labute approximate surface area is 127 Å². The molecule has 2 aliphatic rings. The van der Waals surface area contributed by atoms with Gasteiger partial charge in [0.05, 0.1) is 0 Å². The Morgan fingerprint density at radius 2 is 1.81 bits per heavy atom. The molecule has 1 atom stereocenters. The van der Waals surface area contributed by atoms with E-state index in [1.165, 1.54) is 31.2 Å². The number of carboxylic acid groups (broad SMARTS) is 1. The van der Waals surface area contributed by atoms with Crippen LogP contribution in [0.2, 0.25) is 0 Å². The molecule has 0 bridgehead atoms. The van der Waals surface area contributed by atoms with Crippen molar-refractivity contribution in [3.63, 3.8) is 0 Å². The molecule has 1 aromatic rings. The molecular formula is C18H25NO2. The van der Waals surface area contributed by atoms with Crippen molar-refractivity contribution in [2.45, 2.75) is 50.5 Å². The minimum absolute atomic E-state index is 0.225. The first-order chi connectivity index (χ1) is 10.2. The molecule has 1 aliphatic heterocycles. The van der Waals surface area contributed by atoms with E-state index in [1.54, 1.807) is 0 Å². The molecule has 0 amide bonds. The molecule has 1 N–H and O–H groups in total. The monoisotopic (exact) mass is 287 g/mol. The first-order valence-electron chi connectivity index (χ1n) is 8.26. The standard InChI is InChI=1S/C18H25NO2/c20-18(21)17-7-4-12-19(17)13-14-8-10-16(11-9-14)15-5-2-1-3-6-15/h1-3,5-6,14,16-17H,4,7-13H2,(H,20,21). The van der Waals surface area contributed by atoms with Crippen LogP contribution in [0.1, 0.15) is 50.0 Å². The quantitative estimate of drug-likeness (QED) is 0.921. The van der Waals surface area contributed by atoms with Gasteiger partial charge in [-0.05, 0) is 62.5 Å². The first kappa shape index (κ1) is 14.6. The molecule has 0 aromatic heterocycles. The molecule has 0 spiro atoms. The molecule has 2 fully saturated rings. The van der Waals surface area contributed by atoms with Crippen LogP contribution in [0.25, 0.3) is 0 Å². The fraction of sp³-hybridized carbons (Fsp3) is 0.611. The molecular weight excluding hydrogens is 262 g/mol. The summed E-state index contributed by atoms with van der Waals surface area (Å²) in [4.78, 5) is 13.5. The smallest absolute Gasteiger partial charge is 0.320 e. The zero-order chi connectivity index (χ0) is 14.7. The third-order valence-electron chi connectivity index (χ3n) is 5.26. The Hall–Kier alpha value is -1.35. The molecule has 1 saturated heterocycles. The summed E-state index contributed by atoms with van der Waals surface area (Å²) in [6.07, 6.45) is 6.84. The second-order valence-corrected chi connectivity index (χ2v) is 6.62. The number of hydrogen-bond acceptors (Lipinski definition) is 2. The lowest BCUT2D eigenvalue weighted by atomic mass is 9.78. The van der Waals surface area contributed by atoms with Crippen LogP contribution in [-0.4, -0.2) is 35.1 Å². The van der Waals surface area contributed by atoms with Crippen molar-refractivity contribution >= 4 is 5.97 Å². The SMILES string of the molecule is O=C(O)C1CCCN1CC1CCC(c2ccccc2)CC1. The van der Waals surface area contributed by atoms with Crippen molar-refractivity contribution in [2.75, 3.05) is 13.1 Å². The Morgan fingerprint density at radius 3 is 2.48 bits per heavy atom. The Morgan fingerprint density at radius 1 is 1.10 bits per heavy atom. The molecule has 1 aliphatic carbocycles. The van der Waals surface area contributed by atoms with Crippen molar-refractivity contribution in [3.05, 3.63) is 35.9 Å². The van der Waals surface area contributed by atoms with Gasteiger partial charge in [0.2, 0.25) is 0 Å². The number of aliphatic carboxylic acids is 1.